The molecule has 0 amide bonds. The summed E-state index contributed by atoms with van der Waals surface area (Å²) in [6, 6.07) is 12.0. The third kappa shape index (κ3) is 3.03. The lowest BCUT2D eigenvalue weighted by Crippen LogP contribution is -2.01. The van der Waals surface area contributed by atoms with Crippen molar-refractivity contribution in [2.75, 3.05) is 0 Å². The van der Waals surface area contributed by atoms with Gasteiger partial charge in [0.25, 0.3) is 0 Å². The maximum absolute atomic E-state index is 5.44. The van der Waals surface area contributed by atoms with Crippen molar-refractivity contribution in [2.24, 2.45) is 0 Å². The van der Waals surface area contributed by atoms with Gasteiger partial charge in [0.05, 0.1) is 5.69 Å². The Kier molecular flexibility index (Phi) is 3.91. The fourth-order valence-corrected chi connectivity index (χ4v) is 3.49. The van der Waals surface area contributed by atoms with E-state index in [9.17, 15) is 0 Å². The highest BCUT2D eigenvalue weighted by Gasteiger charge is 2.29. The fourth-order valence-electron chi connectivity index (χ4n) is 2.60. The molecule has 23 heavy (non-hydrogen) atoms. The first kappa shape index (κ1) is 14.5. The van der Waals surface area contributed by atoms with Crippen molar-refractivity contribution < 1.29 is 4.52 Å². The van der Waals surface area contributed by atoms with Crippen molar-refractivity contribution in [3.63, 3.8) is 0 Å². The molecular weight excluding hydrogens is 308 g/mol. The van der Waals surface area contributed by atoms with Crippen LogP contribution in [0.1, 0.15) is 37.2 Å². The number of nitrogens with zero attached hydrogens (tertiary/aromatic N) is 4. The maximum Gasteiger partial charge on any atom is 0.191 e. The zero-order chi connectivity index (χ0) is 15.6. The molecule has 1 aliphatic carbocycles. The second-order valence-corrected chi connectivity index (χ2v) is 6.64. The molecule has 0 aliphatic heterocycles. The van der Waals surface area contributed by atoms with E-state index in [2.05, 4.69) is 26.8 Å². The average molecular weight is 326 g/mol. The molecule has 1 aliphatic rings. The summed E-state index contributed by atoms with van der Waals surface area (Å²) in [5.41, 5.74) is 1.97. The zero-order valence-corrected chi connectivity index (χ0v) is 13.8. The standard InChI is InChI=1S/C17H18N4OS/c1-2-21-16(13-8-9-13)18-19-17(21)23-11-14-10-15(22-20-14)12-6-4-3-5-7-12/h3-7,10,13H,2,8-9,11H2,1H3. The van der Waals surface area contributed by atoms with Gasteiger partial charge in [0.15, 0.2) is 10.9 Å². The minimum Gasteiger partial charge on any atom is -0.356 e. The second-order valence-electron chi connectivity index (χ2n) is 5.70. The summed E-state index contributed by atoms with van der Waals surface area (Å²) in [5.74, 6) is 3.30. The molecule has 0 radical (unpaired) electrons. The Morgan fingerprint density at radius 3 is 2.78 bits per heavy atom. The van der Waals surface area contributed by atoms with E-state index in [1.165, 1.54) is 12.8 Å². The normalized spacial score (nSPS) is 14.3. The summed E-state index contributed by atoms with van der Waals surface area (Å²) < 4.78 is 7.67. The molecule has 0 bridgehead atoms. The summed E-state index contributed by atoms with van der Waals surface area (Å²) in [4.78, 5) is 0. The van der Waals surface area contributed by atoms with E-state index in [0.29, 0.717) is 5.92 Å². The first-order valence-electron chi connectivity index (χ1n) is 7.92. The molecule has 0 N–H and O–H groups in total. The number of rotatable bonds is 6. The molecule has 0 unspecified atom stereocenters. The van der Waals surface area contributed by atoms with Gasteiger partial charge in [-0.1, -0.05) is 47.3 Å². The Morgan fingerprint density at radius 1 is 1.22 bits per heavy atom. The van der Waals surface area contributed by atoms with Crippen LogP contribution in [0.4, 0.5) is 0 Å². The lowest BCUT2D eigenvalue weighted by molar-refractivity contribution is 0.426. The third-order valence-corrected chi connectivity index (χ3v) is 4.97. The largest absolute Gasteiger partial charge is 0.356 e. The Bertz CT molecular complexity index is 792. The lowest BCUT2D eigenvalue weighted by atomic mass is 10.2. The first-order chi connectivity index (χ1) is 11.3. The molecule has 1 fully saturated rings. The summed E-state index contributed by atoms with van der Waals surface area (Å²) in [6.07, 6.45) is 2.49. The highest BCUT2D eigenvalue weighted by atomic mass is 32.2. The van der Waals surface area contributed by atoms with E-state index in [1.54, 1.807) is 11.8 Å². The number of hydrogen-bond donors (Lipinski definition) is 0. The van der Waals surface area contributed by atoms with Crippen molar-refractivity contribution in [3.8, 4) is 11.3 Å². The molecule has 0 atom stereocenters. The Morgan fingerprint density at radius 2 is 2.04 bits per heavy atom. The number of benzene rings is 1. The van der Waals surface area contributed by atoms with E-state index in [0.717, 1.165) is 40.3 Å². The summed E-state index contributed by atoms with van der Waals surface area (Å²) in [5, 5.41) is 13.8. The monoisotopic (exact) mass is 326 g/mol. The highest BCUT2D eigenvalue weighted by Crippen LogP contribution is 2.40. The van der Waals surface area contributed by atoms with Gasteiger partial charge < -0.3 is 9.09 Å². The van der Waals surface area contributed by atoms with Crippen molar-refractivity contribution in [3.05, 3.63) is 47.9 Å². The van der Waals surface area contributed by atoms with Crippen molar-refractivity contribution in [1.29, 1.82) is 0 Å². The zero-order valence-electron chi connectivity index (χ0n) is 13.0. The van der Waals surface area contributed by atoms with Gasteiger partial charge in [-0.2, -0.15) is 0 Å². The first-order valence-corrected chi connectivity index (χ1v) is 8.90. The summed E-state index contributed by atoms with van der Waals surface area (Å²) in [6.45, 7) is 3.05. The number of hydrogen-bond acceptors (Lipinski definition) is 5. The van der Waals surface area contributed by atoms with Crippen LogP contribution in [0.15, 0.2) is 46.1 Å². The Hall–Kier alpha value is -2.08. The van der Waals surface area contributed by atoms with E-state index in [4.69, 9.17) is 4.52 Å². The molecule has 2 heterocycles. The van der Waals surface area contributed by atoms with E-state index >= 15 is 0 Å². The lowest BCUT2D eigenvalue weighted by Gasteiger charge is -2.05. The molecule has 2 aromatic heterocycles. The predicted octanol–water partition coefficient (Wildman–Crippen LogP) is 4.12. The predicted molar refractivity (Wildman–Crippen MR) is 89.2 cm³/mol. The molecule has 0 spiro atoms. The summed E-state index contributed by atoms with van der Waals surface area (Å²) in [7, 11) is 0. The molecule has 6 heteroatoms. The van der Waals surface area contributed by atoms with Crippen LogP contribution in [0.5, 0.6) is 0 Å². The molecule has 4 rings (SSSR count). The second kappa shape index (κ2) is 6.20. The van der Waals surface area contributed by atoms with Gasteiger partial charge in [-0.05, 0) is 19.8 Å². The van der Waals surface area contributed by atoms with Crippen molar-refractivity contribution in [2.45, 2.75) is 43.1 Å². The van der Waals surface area contributed by atoms with Gasteiger partial charge in [-0.25, -0.2) is 0 Å². The topological polar surface area (TPSA) is 56.7 Å². The quantitative estimate of drug-likeness (QED) is 0.638. The highest BCUT2D eigenvalue weighted by molar-refractivity contribution is 7.98. The maximum atomic E-state index is 5.44. The van der Waals surface area contributed by atoms with Gasteiger partial charge in [-0.3, -0.25) is 0 Å². The van der Waals surface area contributed by atoms with Gasteiger partial charge >= 0.3 is 0 Å². The number of aromatic nitrogens is 4. The van der Waals surface area contributed by atoms with Crippen molar-refractivity contribution in [1.82, 2.24) is 19.9 Å². The summed E-state index contributed by atoms with van der Waals surface area (Å²) >= 11 is 1.67. The Labute approximate surface area is 139 Å². The van der Waals surface area contributed by atoms with Crippen LogP contribution in [0.3, 0.4) is 0 Å². The van der Waals surface area contributed by atoms with Gasteiger partial charge in [0.2, 0.25) is 0 Å². The van der Waals surface area contributed by atoms with Crippen LogP contribution in [-0.2, 0) is 12.3 Å². The van der Waals surface area contributed by atoms with Gasteiger partial charge in [0.1, 0.15) is 5.82 Å². The molecule has 1 saturated carbocycles. The number of thioether (sulfide) groups is 1. The average Bonchev–Trinajstić information content (AvgIpc) is 3.19. The third-order valence-electron chi connectivity index (χ3n) is 3.97. The molecular formula is C17H18N4OS. The molecule has 1 aromatic carbocycles. The molecule has 3 aromatic rings. The van der Waals surface area contributed by atoms with Crippen LogP contribution >= 0.6 is 11.8 Å². The van der Waals surface area contributed by atoms with Crippen LogP contribution in [-0.4, -0.2) is 19.9 Å². The molecule has 5 nitrogen and oxygen atoms in total. The Balaban J connectivity index is 1.46. The SMILES string of the molecule is CCn1c(SCc2cc(-c3ccccc3)on2)nnc1C1CC1. The van der Waals surface area contributed by atoms with E-state index < -0.39 is 0 Å². The van der Waals surface area contributed by atoms with Gasteiger partial charge in [-0.15, -0.1) is 10.2 Å². The smallest absolute Gasteiger partial charge is 0.191 e. The minimum atomic E-state index is 0.619. The fraction of sp³-hybridized carbons (Fsp3) is 0.353. The van der Waals surface area contributed by atoms with Gasteiger partial charge in [0, 0.05) is 29.8 Å². The van der Waals surface area contributed by atoms with Crippen LogP contribution in [0.2, 0.25) is 0 Å². The van der Waals surface area contributed by atoms with Crippen LogP contribution in [0.25, 0.3) is 11.3 Å². The van der Waals surface area contributed by atoms with Crippen LogP contribution in [0, 0.1) is 0 Å². The van der Waals surface area contributed by atoms with Crippen LogP contribution < -0.4 is 0 Å². The molecule has 0 saturated heterocycles. The van der Waals surface area contributed by atoms with Crippen molar-refractivity contribution >= 4 is 11.8 Å². The van der Waals surface area contributed by atoms with E-state index in [-0.39, 0.29) is 0 Å². The minimum absolute atomic E-state index is 0.619. The van der Waals surface area contributed by atoms with E-state index in [1.807, 2.05) is 36.4 Å². The molecule has 118 valence electrons.